The molecule has 15 heavy (non-hydrogen) atoms. The molecule has 0 aliphatic rings. The maximum atomic E-state index is 10.7. The third kappa shape index (κ3) is 10.3. The van der Waals surface area contributed by atoms with Gasteiger partial charge in [0.2, 0.25) is 0 Å². The van der Waals surface area contributed by atoms with Gasteiger partial charge in [-0.15, -0.1) is 0 Å². The van der Waals surface area contributed by atoms with Crippen molar-refractivity contribution in [2.75, 3.05) is 0 Å². The molecule has 0 aromatic heterocycles. The van der Waals surface area contributed by atoms with Gasteiger partial charge in [-0.25, -0.2) is 0 Å². The fourth-order valence-corrected chi connectivity index (χ4v) is 3.54. The number of carbonyl (C=O) groups is 1. The zero-order valence-corrected chi connectivity index (χ0v) is 11.7. The molecule has 90 valence electrons. The zero-order chi connectivity index (χ0) is 11.9. The molecule has 0 aromatic carbocycles. The Bertz CT molecular complexity index is 185. The number of carboxylic acid groups (broad SMARTS) is 1. The van der Waals surface area contributed by atoms with Crippen LogP contribution in [0.3, 0.4) is 0 Å². The van der Waals surface area contributed by atoms with Gasteiger partial charge >= 0.3 is 99.9 Å². The first-order chi connectivity index (χ1) is 6.85. The van der Waals surface area contributed by atoms with Crippen molar-refractivity contribution in [3.05, 3.63) is 0 Å². The van der Waals surface area contributed by atoms with Gasteiger partial charge in [0.1, 0.15) is 0 Å². The summed E-state index contributed by atoms with van der Waals surface area (Å²) in [4.78, 5) is 10.7. The van der Waals surface area contributed by atoms with Crippen LogP contribution in [0.4, 0.5) is 0 Å². The Morgan fingerprint density at radius 3 is 2.40 bits per heavy atom. The van der Waals surface area contributed by atoms with E-state index in [-0.39, 0.29) is 0 Å². The summed E-state index contributed by atoms with van der Waals surface area (Å²) in [6.45, 7) is 8.88. The summed E-state index contributed by atoms with van der Waals surface area (Å²) in [5, 5.41) is 11.2. The minimum atomic E-state index is -0.639. The zero-order valence-electron chi connectivity index (χ0n) is 10.4. The molecule has 0 bridgehead atoms. The van der Waals surface area contributed by atoms with Crippen LogP contribution in [0.5, 0.6) is 0 Å². The molecule has 2 nitrogen and oxygen atoms in total. The molecule has 0 saturated carbocycles. The van der Waals surface area contributed by atoms with E-state index in [0.29, 0.717) is 33.0 Å². The van der Waals surface area contributed by atoms with Crippen molar-refractivity contribution in [2.45, 2.75) is 57.5 Å². The monoisotopic (exact) mass is 252 g/mol. The molecule has 0 aliphatic heterocycles. The van der Waals surface area contributed by atoms with Crippen LogP contribution in [0.1, 0.15) is 47.0 Å². The predicted molar refractivity (Wildman–Crippen MR) is 59.7 cm³/mol. The molecule has 0 rings (SSSR count). The van der Waals surface area contributed by atoms with Gasteiger partial charge in [-0.3, -0.25) is 0 Å². The van der Waals surface area contributed by atoms with Gasteiger partial charge < -0.3 is 0 Å². The molecule has 0 spiro atoms. The van der Waals surface area contributed by atoms with E-state index in [1.165, 1.54) is 5.28 Å². The van der Waals surface area contributed by atoms with Crippen molar-refractivity contribution < 1.29 is 25.1 Å². The standard InChI is InChI=1S/C7H13O2.C5H11.Cr/c1-3-4-6(2)5-7(8)9;1-5(2,3)4;/h6H,2-5H2,1H3,(H,8,9);1H2,2-4H3;. The summed E-state index contributed by atoms with van der Waals surface area (Å²) in [5.74, 6) is -0.227. The van der Waals surface area contributed by atoms with Gasteiger partial charge in [-0.2, -0.15) is 0 Å². The van der Waals surface area contributed by atoms with Crippen molar-refractivity contribution in [3.8, 4) is 0 Å². The molecule has 1 atom stereocenters. The van der Waals surface area contributed by atoms with Crippen LogP contribution in [-0.4, -0.2) is 11.1 Å². The molecule has 0 fully saturated rings. The van der Waals surface area contributed by atoms with Crippen molar-refractivity contribution >= 4 is 5.97 Å². The van der Waals surface area contributed by atoms with Crippen molar-refractivity contribution in [3.63, 3.8) is 0 Å². The Hall–Kier alpha value is 0.00247. The Kier molecular flexibility index (Phi) is 7.31. The number of hydrogen-bond acceptors (Lipinski definition) is 1. The van der Waals surface area contributed by atoms with Crippen LogP contribution >= 0.6 is 0 Å². The summed E-state index contributed by atoms with van der Waals surface area (Å²) in [7, 11) is 0. The maximum absolute atomic E-state index is 10.7. The first-order valence-corrected chi connectivity index (χ1v) is 7.45. The summed E-state index contributed by atoms with van der Waals surface area (Å²) in [6, 6.07) is 0. The fourth-order valence-electron chi connectivity index (χ4n) is 1.43. The van der Waals surface area contributed by atoms with Gasteiger partial charge in [0.15, 0.2) is 0 Å². The Labute approximate surface area is 100 Å². The van der Waals surface area contributed by atoms with Crippen LogP contribution in [0.25, 0.3) is 0 Å². The van der Waals surface area contributed by atoms with Gasteiger partial charge in [0.05, 0.1) is 0 Å². The number of rotatable bonds is 7. The van der Waals surface area contributed by atoms with E-state index < -0.39 is 5.97 Å². The number of hydrogen-bond donors (Lipinski definition) is 1. The van der Waals surface area contributed by atoms with Crippen molar-refractivity contribution in [1.29, 1.82) is 0 Å². The van der Waals surface area contributed by atoms with Crippen molar-refractivity contribution in [2.24, 2.45) is 11.3 Å². The van der Waals surface area contributed by atoms with E-state index in [1.54, 1.807) is 0 Å². The van der Waals surface area contributed by atoms with Crippen LogP contribution in [-0.2, 0) is 20.0 Å². The summed E-state index contributed by atoms with van der Waals surface area (Å²) < 4.78 is 0. The molecule has 0 saturated heterocycles. The van der Waals surface area contributed by atoms with Gasteiger partial charge in [0, 0.05) is 0 Å². The third-order valence-corrected chi connectivity index (χ3v) is 4.82. The molecule has 1 N–H and O–H groups in total. The van der Waals surface area contributed by atoms with E-state index in [9.17, 15) is 4.79 Å². The predicted octanol–water partition coefficient (Wildman–Crippen LogP) is 3.84. The molecule has 3 heteroatoms. The molecule has 1 unspecified atom stereocenters. The average Bonchev–Trinajstić information content (AvgIpc) is 2.00. The second kappa shape index (κ2) is 7.30. The average molecular weight is 252 g/mol. The van der Waals surface area contributed by atoms with E-state index in [4.69, 9.17) is 5.11 Å². The minimum absolute atomic E-state index is 0.361. The first kappa shape index (κ1) is 15.0. The van der Waals surface area contributed by atoms with Crippen molar-refractivity contribution in [1.82, 2.24) is 0 Å². The molecular formula is C12H24CrO2. The van der Waals surface area contributed by atoms with E-state index in [0.717, 1.165) is 18.1 Å². The summed E-state index contributed by atoms with van der Waals surface area (Å²) in [6.07, 6.45) is 2.53. The second-order valence-corrected chi connectivity index (χ2v) is 6.94. The molecular weight excluding hydrogens is 228 g/mol. The fraction of sp³-hybridized carbons (Fsp3) is 0.917. The number of carboxylic acids is 1. The molecule has 0 amide bonds. The first-order valence-electron chi connectivity index (χ1n) is 5.64. The topological polar surface area (TPSA) is 37.3 Å². The SMILES string of the molecule is CCCC([CH2][Cr][CH2]C(C)(C)C)CC(=O)O. The van der Waals surface area contributed by atoms with Crippen LogP contribution in [0.2, 0.25) is 10.6 Å². The normalized spacial score (nSPS) is 13.9. The van der Waals surface area contributed by atoms with Crippen LogP contribution < -0.4 is 0 Å². The van der Waals surface area contributed by atoms with E-state index in [1.807, 2.05) is 0 Å². The molecule has 0 aromatic rings. The Morgan fingerprint density at radius 2 is 2.00 bits per heavy atom. The van der Waals surface area contributed by atoms with Gasteiger partial charge in [-0.05, 0) is 0 Å². The Balaban J connectivity index is 3.80. The summed E-state index contributed by atoms with van der Waals surface area (Å²) in [5.41, 5.74) is 0.403. The molecule has 0 aliphatic carbocycles. The van der Waals surface area contributed by atoms with Crippen LogP contribution in [0.15, 0.2) is 0 Å². The Morgan fingerprint density at radius 1 is 1.40 bits per heavy atom. The number of aliphatic carboxylic acids is 1. The molecule has 0 heterocycles. The van der Waals surface area contributed by atoms with Crippen LogP contribution in [0, 0.1) is 11.3 Å². The summed E-state index contributed by atoms with van der Waals surface area (Å²) >= 11 is 0.605. The molecule has 0 radical (unpaired) electrons. The third-order valence-electron chi connectivity index (χ3n) is 2.05. The quantitative estimate of drug-likeness (QED) is 0.747. The van der Waals surface area contributed by atoms with Gasteiger partial charge in [0.25, 0.3) is 0 Å². The van der Waals surface area contributed by atoms with Gasteiger partial charge in [-0.1, -0.05) is 0 Å². The second-order valence-electron chi connectivity index (χ2n) is 5.33. The van der Waals surface area contributed by atoms with E-state index in [2.05, 4.69) is 27.7 Å². The van der Waals surface area contributed by atoms with E-state index >= 15 is 0 Å².